The Balaban J connectivity index is 2.14. The minimum atomic E-state index is -0.550. The molecule has 2 aromatic rings. The largest absolute Gasteiger partial charge is 0.386 e. The summed E-state index contributed by atoms with van der Waals surface area (Å²) >= 11 is 5.89. The van der Waals surface area contributed by atoms with E-state index < -0.39 is 6.10 Å². The Bertz CT molecular complexity index is 481. The average Bonchev–Trinajstić information content (AvgIpc) is 2.64. The molecule has 0 aliphatic heterocycles. The van der Waals surface area contributed by atoms with Crippen molar-refractivity contribution in [1.82, 2.24) is 9.55 Å². The third-order valence-corrected chi connectivity index (χ3v) is 2.75. The standard InChI is InChI=1S/C12H13ClN2O/c1-15-8-14-7-11(15)12(16)6-9-3-2-4-10(13)5-9/h2-5,7-8,12,16H,6H2,1H3. The third-order valence-electron chi connectivity index (χ3n) is 2.51. The van der Waals surface area contributed by atoms with E-state index in [1.807, 2.05) is 35.9 Å². The van der Waals surface area contributed by atoms with E-state index in [2.05, 4.69) is 4.98 Å². The lowest BCUT2D eigenvalue weighted by molar-refractivity contribution is 0.170. The van der Waals surface area contributed by atoms with Gasteiger partial charge in [0.15, 0.2) is 0 Å². The molecule has 1 atom stereocenters. The zero-order chi connectivity index (χ0) is 11.5. The van der Waals surface area contributed by atoms with E-state index in [-0.39, 0.29) is 0 Å². The van der Waals surface area contributed by atoms with E-state index >= 15 is 0 Å². The van der Waals surface area contributed by atoms with Gasteiger partial charge in [0.05, 0.1) is 24.3 Å². The number of aryl methyl sites for hydroxylation is 1. The van der Waals surface area contributed by atoms with Crippen LogP contribution in [0.2, 0.25) is 5.02 Å². The number of hydrogen-bond acceptors (Lipinski definition) is 2. The van der Waals surface area contributed by atoms with Crippen molar-refractivity contribution in [3.8, 4) is 0 Å². The number of rotatable bonds is 3. The summed E-state index contributed by atoms with van der Waals surface area (Å²) in [6, 6.07) is 7.52. The summed E-state index contributed by atoms with van der Waals surface area (Å²) in [4.78, 5) is 3.98. The van der Waals surface area contributed by atoms with Gasteiger partial charge in [-0.15, -0.1) is 0 Å². The van der Waals surface area contributed by atoms with Gasteiger partial charge < -0.3 is 9.67 Å². The average molecular weight is 237 g/mol. The molecule has 16 heavy (non-hydrogen) atoms. The Morgan fingerprint density at radius 3 is 2.94 bits per heavy atom. The molecule has 84 valence electrons. The van der Waals surface area contributed by atoms with Crippen LogP contribution in [0.1, 0.15) is 17.4 Å². The van der Waals surface area contributed by atoms with Gasteiger partial charge in [0, 0.05) is 18.5 Å². The van der Waals surface area contributed by atoms with E-state index in [1.54, 1.807) is 12.5 Å². The van der Waals surface area contributed by atoms with E-state index in [1.165, 1.54) is 0 Å². The van der Waals surface area contributed by atoms with Crippen molar-refractivity contribution < 1.29 is 5.11 Å². The molecule has 0 bridgehead atoms. The normalized spacial score (nSPS) is 12.7. The van der Waals surface area contributed by atoms with Gasteiger partial charge in [-0.2, -0.15) is 0 Å². The zero-order valence-electron chi connectivity index (χ0n) is 8.97. The Morgan fingerprint density at radius 2 is 2.31 bits per heavy atom. The van der Waals surface area contributed by atoms with Gasteiger partial charge in [-0.05, 0) is 17.7 Å². The van der Waals surface area contributed by atoms with Crippen LogP contribution in [0.4, 0.5) is 0 Å². The van der Waals surface area contributed by atoms with Gasteiger partial charge in [0.1, 0.15) is 0 Å². The van der Waals surface area contributed by atoms with Crippen LogP contribution in [-0.4, -0.2) is 14.7 Å². The predicted octanol–water partition coefficient (Wildman–Crippen LogP) is 2.35. The smallest absolute Gasteiger partial charge is 0.0995 e. The van der Waals surface area contributed by atoms with E-state index in [0.29, 0.717) is 11.4 Å². The van der Waals surface area contributed by atoms with E-state index in [4.69, 9.17) is 11.6 Å². The molecule has 0 fully saturated rings. The van der Waals surface area contributed by atoms with Gasteiger partial charge in [-0.3, -0.25) is 0 Å². The zero-order valence-corrected chi connectivity index (χ0v) is 9.72. The summed E-state index contributed by atoms with van der Waals surface area (Å²) in [5.74, 6) is 0. The van der Waals surface area contributed by atoms with Crippen molar-refractivity contribution in [1.29, 1.82) is 0 Å². The van der Waals surface area contributed by atoms with Crippen molar-refractivity contribution in [2.75, 3.05) is 0 Å². The number of imidazole rings is 1. The van der Waals surface area contributed by atoms with Crippen molar-refractivity contribution >= 4 is 11.6 Å². The molecule has 1 heterocycles. The second kappa shape index (κ2) is 4.68. The lowest BCUT2D eigenvalue weighted by Gasteiger charge is -2.11. The quantitative estimate of drug-likeness (QED) is 0.889. The highest BCUT2D eigenvalue weighted by Gasteiger charge is 2.11. The highest BCUT2D eigenvalue weighted by atomic mass is 35.5. The topological polar surface area (TPSA) is 38.0 Å². The van der Waals surface area contributed by atoms with Gasteiger partial charge in [-0.1, -0.05) is 23.7 Å². The van der Waals surface area contributed by atoms with Crippen molar-refractivity contribution in [2.24, 2.45) is 7.05 Å². The van der Waals surface area contributed by atoms with Crippen LogP contribution in [0.15, 0.2) is 36.8 Å². The molecule has 0 aliphatic carbocycles. The molecule has 0 saturated carbocycles. The Hall–Kier alpha value is -1.32. The Morgan fingerprint density at radius 1 is 1.50 bits per heavy atom. The highest BCUT2D eigenvalue weighted by Crippen LogP contribution is 2.19. The summed E-state index contributed by atoms with van der Waals surface area (Å²) in [5, 5.41) is 10.7. The molecule has 0 aliphatic rings. The SMILES string of the molecule is Cn1cncc1C(O)Cc1cccc(Cl)c1. The number of aliphatic hydroxyl groups is 1. The molecule has 1 aromatic carbocycles. The second-order valence-electron chi connectivity index (χ2n) is 3.78. The fourth-order valence-electron chi connectivity index (χ4n) is 1.68. The van der Waals surface area contributed by atoms with Gasteiger partial charge in [0.2, 0.25) is 0 Å². The molecule has 0 saturated heterocycles. The number of hydrogen-bond donors (Lipinski definition) is 1. The molecule has 1 unspecified atom stereocenters. The summed E-state index contributed by atoms with van der Waals surface area (Å²) in [6.07, 6.45) is 3.34. The minimum absolute atomic E-state index is 0.542. The number of benzene rings is 1. The maximum Gasteiger partial charge on any atom is 0.0995 e. The lowest BCUT2D eigenvalue weighted by Crippen LogP contribution is -2.06. The van der Waals surface area contributed by atoms with Crippen molar-refractivity contribution in [3.63, 3.8) is 0 Å². The predicted molar refractivity (Wildman–Crippen MR) is 63.3 cm³/mol. The van der Waals surface area contributed by atoms with Crippen molar-refractivity contribution in [2.45, 2.75) is 12.5 Å². The number of aliphatic hydroxyl groups excluding tert-OH is 1. The summed E-state index contributed by atoms with van der Waals surface area (Å²) in [7, 11) is 1.86. The first-order valence-corrected chi connectivity index (χ1v) is 5.43. The Labute approximate surface area is 99.3 Å². The first kappa shape index (κ1) is 11.2. The number of aromatic nitrogens is 2. The monoisotopic (exact) mass is 236 g/mol. The lowest BCUT2D eigenvalue weighted by atomic mass is 10.1. The first-order chi connectivity index (χ1) is 7.66. The number of halogens is 1. The van der Waals surface area contributed by atoms with Crippen LogP contribution in [0.5, 0.6) is 0 Å². The summed E-state index contributed by atoms with van der Waals surface area (Å²) in [5.41, 5.74) is 1.82. The van der Waals surface area contributed by atoms with Crippen LogP contribution in [0.3, 0.4) is 0 Å². The molecule has 0 amide bonds. The third kappa shape index (κ3) is 2.43. The van der Waals surface area contributed by atoms with Crippen molar-refractivity contribution in [3.05, 3.63) is 53.1 Å². The van der Waals surface area contributed by atoms with Gasteiger partial charge >= 0.3 is 0 Å². The fraction of sp³-hybridized carbons (Fsp3) is 0.250. The molecule has 1 N–H and O–H groups in total. The molecule has 0 radical (unpaired) electrons. The maximum atomic E-state index is 10.0. The fourth-order valence-corrected chi connectivity index (χ4v) is 1.89. The highest BCUT2D eigenvalue weighted by molar-refractivity contribution is 6.30. The van der Waals surface area contributed by atoms with Crippen LogP contribution in [0.25, 0.3) is 0 Å². The molecule has 1 aromatic heterocycles. The van der Waals surface area contributed by atoms with Crippen LogP contribution in [0, 0.1) is 0 Å². The Kier molecular flexibility index (Phi) is 3.27. The molecule has 0 spiro atoms. The van der Waals surface area contributed by atoms with E-state index in [0.717, 1.165) is 11.3 Å². The summed E-state index contributed by atoms with van der Waals surface area (Å²) in [6.45, 7) is 0. The van der Waals surface area contributed by atoms with Gasteiger partial charge in [-0.25, -0.2) is 4.98 Å². The molecule has 3 nitrogen and oxygen atoms in total. The second-order valence-corrected chi connectivity index (χ2v) is 4.22. The van der Waals surface area contributed by atoms with E-state index in [9.17, 15) is 5.11 Å². The summed E-state index contributed by atoms with van der Waals surface area (Å²) < 4.78 is 1.81. The van der Waals surface area contributed by atoms with Crippen LogP contribution >= 0.6 is 11.6 Å². The molecule has 4 heteroatoms. The van der Waals surface area contributed by atoms with Gasteiger partial charge in [0.25, 0.3) is 0 Å². The first-order valence-electron chi connectivity index (χ1n) is 5.05. The molecule has 2 rings (SSSR count). The maximum absolute atomic E-state index is 10.0. The van der Waals surface area contributed by atoms with Crippen LogP contribution < -0.4 is 0 Å². The molecular weight excluding hydrogens is 224 g/mol. The molecular formula is C12H13ClN2O. The number of nitrogens with zero attached hydrogens (tertiary/aromatic N) is 2. The minimum Gasteiger partial charge on any atom is -0.386 e. The van der Waals surface area contributed by atoms with Crippen LogP contribution in [-0.2, 0) is 13.5 Å².